The fourth-order valence-corrected chi connectivity index (χ4v) is 3.74. The van der Waals surface area contributed by atoms with E-state index in [2.05, 4.69) is 10.3 Å². The van der Waals surface area contributed by atoms with Crippen LogP contribution in [0.25, 0.3) is 11.5 Å². The molecule has 0 atom stereocenters. The number of furan rings is 1. The third kappa shape index (κ3) is 2.53. The van der Waals surface area contributed by atoms with Crippen molar-refractivity contribution in [2.45, 2.75) is 24.7 Å². The molecule has 2 heterocycles. The molecule has 4 rings (SSSR count). The van der Waals surface area contributed by atoms with Crippen molar-refractivity contribution in [1.82, 2.24) is 4.98 Å². The Hall–Kier alpha value is -2.47. The molecule has 1 fully saturated rings. The van der Waals surface area contributed by atoms with E-state index in [1.807, 2.05) is 17.5 Å². The molecule has 0 radical (unpaired) electrons. The monoisotopic (exact) mass is 342 g/mol. The minimum Gasteiger partial charge on any atom is -0.463 e. The van der Waals surface area contributed by atoms with E-state index in [1.165, 1.54) is 23.5 Å². The normalized spacial score (nSPS) is 15.7. The van der Waals surface area contributed by atoms with Crippen LogP contribution in [0.1, 0.15) is 24.8 Å². The number of amides is 1. The van der Waals surface area contributed by atoms with Gasteiger partial charge >= 0.3 is 0 Å². The summed E-state index contributed by atoms with van der Waals surface area (Å²) >= 11 is 1.35. The van der Waals surface area contributed by atoms with Crippen LogP contribution in [-0.2, 0) is 10.2 Å². The third-order valence-corrected chi connectivity index (χ3v) is 5.27. The average molecular weight is 342 g/mol. The molecule has 0 aliphatic heterocycles. The van der Waals surface area contributed by atoms with Crippen molar-refractivity contribution < 1.29 is 13.6 Å². The summed E-state index contributed by atoms with van der Waals surface area (Å²) in [7, 11) is 0. The Labute approximate surface area is 142 Å². The summed E-state index contributed by atoms with van der Waals surface area (Å²) in [6, 6.07) is 9.93. The van der Waals surface area contributed by atoms with Crippen molar-refractivity contribution in [2.75, 3.05) is 5.32 Å². The molecule has 24 heavy (non-hydrogen) atoms. The van der Waals surface area contributed by atoms with Gasteiger partial charge in [-0.1, -0.05) is 18.6 Å². The fraction of sp³-hybridized carbons (Fsp3) is 0.222. The van der Waals surface area contributed by atoms with Gasteiger partial charge in [-0.05, 0) is 42.7 Å². The van der Waals surface area contributed by atoms with Crippen molar-refractivity contribution >= 4 is 22.4 Å². The standard InChI is InChI=1S/C18H15FN2O2S/c19-13-5-1-4-12(10-13)18(7-3-8-18)16(22)21-17-20-14(11-24-17)15-6-2-9-23-15/h1-2,4-6,9-11H,3,7-8H2,(H,20,21,22). The maximum Gasteiger partial charge on any atom is 0.236 e. The molecule has 1 aliphatic carbocycles. The SMILES string of the molecule is O=C(Nc1nc(-c2ccco2)cs1)C1(c2cccc(F)c2)CCC1. The Morgan fingerprint density at radius 2 is 2.17 bits per heavy atom. The summed E-state index contributed by atoms with van der Waals surface area (Å²) < 4.78 is 18.9. The van der Waals surface area contributed by atoms with Gasteiger partial charge in [0.05, 0.1) is 11.7 Å². The summed E-state index contributed by atoms with van der Waals surface area (Å²) in [5, 5.41) is 5.25. The van der Waals surface area contributed by atoms with Crippen LogP contribution in [0.15, 0.2) is 52.5 Å². The zero-order chi connectivity index (χ0) is 16.6. The molecule has 1 N–H and O–H groups in total. The van der Waals surface area contributed by atoms with Crippen LogP contribution < -0.4 is 5.32 Å². The summed E-state index contributed by atoms with van der Waals surface area (Å²) in [5.74, 6) is 0.218. The lowest BCUT2D eigenvalue weighted by molar-refractivity contribution is -0.124. The van der Waals surface area contributed by atoms with Crippen molar-refractivity contribution in [2.24, 2.45) is 0 Å². The molecule has 1 amide bonds. The minimum atomic E-state index is -0.654. The summed E-state index contributed by atoms with van der Waals surface area (Å²) in [6.45, 7) is 0. The van der Waals surface area contributed by atoms with Gasteiger partial charge in [0.1, 0.15) is 11.5 Å². The quantitative estimate of drug-likeness (QED) is 0.754. The second-order valence-electron chi connectivity index (χ2n) is 5.92. The number of nitrogens with one attached hydrogen (secondary N) is 1. The van der Waals surface area contributed by atoms with Crippen LogP contribution in [0.2, 0.25) is 0 Å². The Kier molecular flexibility index (Phi) is 3.69. The molecular weight excluding hydrogens is 327 g/mol. The van der Waals surface area contributed by atoms with Gasteiger partial charge in [0.2, 0.25) is 5.91 Å². The van der Waals surface area contributed by atoms with Crippen LogP contribution in [0.5, 0.6) is 0 Å². The number of halogens is 1. The number of benzene rings is 1. The minimum absolute atomic E-state index is 0.125. The van der Waals surface area contributed by atoms with Gasteiger partial charge in [-0.25, -0.2) is 9.37 Å². The van der Waals surface area contributed by atoms with Crippen LogP contribution >= 0.6 is 11.3 Å². The zero-order valence-electron chi connectivity index (χ0n) is 12.8. The number of carbonyl (C=O) groups excluding carboxylic acids is 1. The molecular formula is C18H15FN2O2S. The van der Waals surface area contributed by atoms with Gasteiger partial charge in [0, 0.05) is 5.38 Å². The molecule has 1 aromatic carbocycles. The molecule has 0 bridgehead atoms. The smallest absolute Gasteiger partial charge is 0.236 e. The molecule has 4 nitrogen and oxygen atoms in total. The highest BCUT2D eigenvalue weighted by atomic mass is 32.1. The number of thiazole rings is 1. The number of aromatic nitrogens is 1. The van der Waals surface area contributed by atoms with Gasteiger partial charge in [-0.15, -0.1) is 11.3 Å². The average Bonchev–Trinajstić information content (AvgIpc) is 3.16. The molecule has 1 saturated carbocycles. The number of hydrogen-bond donors (Lipinski definition) is 1. The highest BCUT2D eigenvalue weighted by molar-refractivity contribution is 7.14. The first-order valence-electron chi connectivity index (χ1n) is 7.74. The van der Waals surface area contributed by atoms with Crippen LogP contribution in [-0.4, -0.2) is 10.9 Å². The van der Waals surface area contributed by atoms with Crippen LogP contribution in [0.3, 0.4) is 0 Å². The molecule has 0 saturated heterocycles. The maximum absolute atomic E-state index is 13.6. The lowest BCUT2D eigenvalue weighted by atomic mass is 9.64. The van der Waals surface area contributed by atoms with E-state index in [4.69, 9.17) is 4.42 Å². The lowest BCUT2D eigenvalue weighted by Gasteiger charge is -2.40. The Morgan fingerprint density at radius 1 is 1.29 bits per heavy atom. The molecule has 0 spiro atoms. The first kappa shape index (κ1) is 15.1. The number of hydrogen-bond acceptors (Lipinski definition) is 4. The molecule has 0 unspecified atom stereocenters. The van der Waals surface area contributed by atoms with E-state index in [0.717, 1.165) is 24.8 Å². The van der Waals surface area contributed by atoms with Crippen LogP contribution in [0, 0.1) is 5.82 Å². The number of nitrogens with zero attached hydrogens (tertiary/aromatic N) is 1. The van der Waals surface area contributed by atoms with Gasteiger partial charge in [-0.3, -0.25) is 4.79 Å². The predicted molar refractivity (Wildman–Crippen MR) is 90.4 cm³/mol. The maximum atomic E-state index is 13.6. The van der Waals surface area contributed by atoms with Crippen LogP contribution in [0.4, 0.5) is 9.52 Å². The summed E-state index contributed by atoms with van der Waals surface area (Å²) in [6.07, 6.45) is 3.98. The Balaban J connectivity index is 1.57. The first-order valence-corrected chi connectivity index (χ1v) is 8.62. The van der Waals surface area contributed by atoms with Crippen molar-refractivity contribution in [3.8, 4) is 11.5 Å². The topological polar surface area (TPSA) is 55.1 Å². The van der Waals surface area contributed by atoms with E-state index in [1.54, 1.807) is 18.4 Å². The summed E-state index contributed by atoms with van der Waals surface area (Å²) in [4.78, 5) is 17.2. The highest BCUT2D eigenvalue weighted by Crippen LogP contribution is 2.45. The van der Waals surface area contributed by atoms with Crippen molar-refractivity contribution in [3.63, 3.8) is 0 Å². The molecule has 6 heteroatoms. The summed E-state index contributed by atoms with van der Waals surface area (Å²) in [5.41, 5.74) is 0.765. The number of rotatable bonds is 4. The Morgan fingerprint density at radius 3 is 2.83 bits per heavy atom. The van der Waals surface area contributed by atoms with Gasteiger partial charge in [0.15, 0.2) is 10.9 Å². The van der Waals surface area contributed by atoms with Crippen molar-refractivity contribution in [3.05, 3.63) is 59.4 Å². The first-order chi connectivity index (χ1) is 11.7. The molecule has 1 aliphatic rings. The molecule has 2 aromatic heterocycles. The lowest BCUT2D eigenvalue weighted by Crippen LogP contribution is -2.46. The zero-order valence-corrected chi connectivity index (χ0v) is 13.6. The predicted octanol–water partition coefficient (Wildman–Crippen LogP) is 4.60. The van der Waals surface area contributed by atoms with E-state index < -0.39 is 5.41 Å². The van der Waals surface area contributed by atoms with Gasteiger partial charge in [0.25, 0.3) is 0 Å². The third-order valence-electron chi connectivity index (χ3n) is 4.52. The largest absolute Gasteiger partial charge is 0.463 e. The molecule has 3 aromatic rings. The van der Waals surface area contributed by atoms with Crippen molar-refractivity contribution in [1.29, 1.82) is 0 Å². The van der Waals surface area contributed by atoms with Gasteiger partial charge in [-0.2, -0.15) is 0 Å². The Bertz CT molecular complexity index is 869. The number of carbonyl (C=O) groups is 1. The second kappa shape index (κ2) is 5.87. The number of anilines is 1. The van der Waals surface area contributed by atoms with E-state index in [0.29, 0.717) is 16.6 Å². The van der Waals surface area contributed by atoms with E-state index in [-0.39, 0.29) is 11.7 Å². The fourth-order valence-electron chi connectivity index (χ4n) is 3.05. The van der Waals surface area contributed by atoms with E-state index >= 15 is 0 Å². The highest BCUT2D eigenvalue weighted by Gasteiger charge is 2.46. The second-order valence-corrected chi connectivity index (χ2v) is 6.77. The van der Waals surface area contributed by atoms with E-state index in [9.17, 15) is 9.18 Å². The van der Waals surface area contributed by atoms with Gasteiger partial charge < -0.3 is 9.73 Å². The molecule has 122 valence electrons.